The van der Waals surface area contributed by atoms with E-state index >= 15 is 0 Å². The van der Waals surface area contributed by atoms with Crippen molar-refractivity contribution in [2.24, 2.45) is 0 Å². The minimum Gasteiger partial charge on any atom is -0.390 e. The lowest BCUT2D eigenvalue weighted by Crippen LogP contribution is -2.42. The number of rotatable bonds is 7. The third-order valence-electron chi connectivity index (χ3n) is 6.16. The molecule has 0 spiro atoms. The molecule has 2 aromatic rings. The number of ether oxygens (including phenoxy) is 1. The first-order valence-corrected chi connectivity index (χ1v) is 11.0. The average molecular weight is 426 g/mol. The maximum Gasteiger partial charge on any atom is 0.270 e. The molecular weight excluding hydrogens is 394 g/mol. The molecule has 0 saturated carbocycles. The van der Waals surface area contributed by atoms with Gasteiger partial charge in [-0.25, -0.2) is 9.97 Å². The summed E-state index contributed by atoms with van der Waals surface area (Å²) in [5, 5.41) is 13.3. The van der Waals surface area contributed by atoms with Gasteiger partial charge in [-0.3, -0.25) is 9.69 Å². The van der Waals surface area contributed by atoms with Crippen LogP contribution in [0, 0.1) is 0 Å². The zero-order valence-corrected chi connectivity index (χ0v) is 18.0. The third kappa shape index (κ3) is 5.58. The van der Waals surface area contributed by atoms with Crippen LogP contribution in [0.5, 0.6) is 0 Å². The molecule has 1 amide bonds. The van der Waals surface area contributed by atoms with Crippen LogP contribution in [0.25, 0.3) is 0 Å². The molecule has 1 aromatic carbocycles. The standard InChI is InChI=1S/C23H31N5O3/c1-27(19-7-10-31-11-8-19)22-12-21(25-16-26-22)23(30)24-13-20(29)15-28-9-6-17-4-2-3-5-18(17)14-28/h2-5,12,16,19-20,29H,6-11,13-15H2,1H3,(H,24,30)/t20-/m0/s1. The van der Waals surface area contributed by atoms with Crippen LogP contribution in [0.3, 0.4) is 0 Å². The predicted molar refractivity (Wildman–Crippen MR) is 118 cm³/mol. The maximum absolute atomic E-state index is 12.6. The van der Waals surface area contributed by atoms with Crippen molar-refractivity contribution in [3.63, 3.8) is 0 Å². The van der Waals surface area contributed by atoms with E-state index in [-0.39, 0.29) is 12.5 Å². The molecule has 2 aliphatic heterocycles. The van der Waals surface area contributed by atoms with Crippen LogP contribution in [0.2, 0.25) is 0 Å². The van der Waals surface area contributed by atoms with Crippen molar-refractivity contribution in [2.45, 2.75) is 38.0 Å². The van der Waals surface area contributed by atoms with E-state index in [4.69, 9.17) is 4.74 Å². The second-order valence-corrected chi connectivity index (χ2v) is 8.33. The summed E-state index contributed by atoms with van der Waals surface area (Å²) in [6.45, 7) is 3.94. The van der Waals surface area contributed by atoms with Crippen molar-refractivity contribution in [1.29, 1.82) is 0 Å². The summed E-state index contributed by atoms with van der Waals surface area (Å²) >= 11 is 0. The van der Waals surface area contributed by atoms with Crippen molar-refractivity contribution < 1.29 is 14.6 Å². The fraction of sp³-hybridized carbons (Fsp3) is 0.522. The first-order valence-electron chi connectivity index (χ1n) is 11.0. The molecule has 0 aliphatic carbocycles. The van der Waals surface area contributed by atoms with Gasteiger partial charge in [0.25, 0.3) is 5.91 Å². The fourth-order valence-corrected chi connectivity index (χ4v) is 4.30. The molecule has 8 heteroatoms. The first-order chi connectivity index (χ1) is 15.1. The molecule has 8 nitrogen and oxygen atoms in total. The number of hydrogen-bond acceptors (Lipinski definition) is 7. The zero-order valence-electron chi connectivity index (χ0n) is 18.0. The summed E-state index contributed by atoms with van der Waals surface area (Å²) in [4.78, 5) is 25.4. The number of β-amino-alcohol motifs (C(OH)–C–C–N with tert-alkyl or cyclic N) is 1. The first kappa shape index (κ1) is 21.7. The molecule has 0 bridgehead atoms. The average Bonchev–Trinajstić information content (AvgIpc) is 2.82. The van der Waals surface area contributed by atoms with Crippen molar-refractivity contribution in [2.75, 3.05) is 44.8 Å². The number of carbonyl (C=O) groups is 1. The van der Waals surface area contributed by atoms with Crippen LogP contribution < -0.4 is 10.2 Å². The monoisotopic (exact) mass is 425 g/mol. The Hall–Kier alpha value is -2.55. The molecule has 31 heavy (non-hydrogen) atoms. The zero-order chi connectivity index (χ0) is 21.6. The minimum absolute atomic E-state index is 0.187. The van der Waals surface area contributed by atoms with Crippen molar-refractivity contribution in [3.8, 4) is 0 Å². The van der Waals surface area contributed by atoms with Crippen molar-refractivity contribution in [3.05, 3.63) is 53.5 Å². The Kier molecular flexibility index (Phi) is 7.11. The van der Waals surface area contributed by atoms with Crippen LogP contribution in [-0.2, 0) is 17.7 Å². The lowest BCUT2D eigenvalue weighted by atomic mass is 10.00. The number of fused-ring (bicyclic) bond motifs is 1. The highest BCUT2D eigenvalue weighted by Crippen LogP contribution is 2.20. The van der Waals surface area contributed by atoms with Crippen LogP contribution in [0.4, 0.5) is 5.82 Å². The molecule has 0 unspecified atom stereocenters. The van der Waals surface area contributed by atoms with Gasteiger partial charge in [0, 0.05) is 58.5 Å². The predicted octanol–water partition coefficient (Wildman–Crippen LogP) is 1.24. The van der Waals surface area contributed by atoms with Crippen LogP contribution >= 0.6 is 0 Å². The SMILES string of the molecule is CN(c1cc(C(=O)NC[C@H](O)CN2CCc3ccccc3C2)ncn1)C1CCOCC1. The maximum atomic E-state index is 12.6. The van der Waals surface area contributed by atoms with Gasteiger partial charge in [0.1, 0.15) is 17.8 Å². The molecule has 166 valence electrons. The van der Waals surface area contributed by atoms with Gasteiger partial charge in [-0.05, 0) is 30.4 Å². The number of carbonyl (C=O) groups excluding carboxylic acids is 1. The number of hydrogen-bond donors (Lipinski definition) is 2. The molecule has 2 aliphatic rings. The highest BCUT2D eigenvalue weighted by Gasteiger charge is 2.22. The van der Waals surface area contributed by atoms with Crippen LogP contribution in [0.1, 0.15) is 34.5 Å². The number of anilines is 1. The molecule has 2 N–H and O–H groups in total. The summed E-state index contributed by atoms with van der Waals surface area (Å²) in [5.74, 6) is 0.423. The molecular formula is C23H31N5O3. The van der Waals surface area contributed by atoms with Gasteiger partial charge in [0.2, 0.25) is 0 Å². The quantitative estimate of drug-likeness (QED) is 0.690. The van der Waals surface area contributed by atoms with Gasteiger partial charge >= 0.3 is 0 Å². The smallest absolute Gasteiger partial charge is 0.270 e. The summed E-state index contributed by atoms with van der Waals surface area (Å²) in [6, 6.07) is 10.5. The molecule has 4 rings (SSSR count). The Bertz CT molecular complexity index is 887. The van der Waals surface area contributed by atoms with E-state index in [9.17, 15) is 9.90 Å². The van der Waals surface area contributed by atoms with E-state index in [1.165, 1.54) is 17.5 Å². The highest BCUT2D eigenvalue weighted by molar-refractivity contribution is 5.92. The van der Waals surface area contributed by atoms with E-state index in [0.29, 0.717) is 18.3 Å². The Labute approximate surface area is 183 Å². The van der Waals surface area contributed by atoms with E-state index in [2.05, 4.69) is 49.4 Å². The van der Waals surface area contributed by atoms with E-state index in [0.717, 1.165) is 51.4 Å². The Morgan fingerprint density at radius 3 is 2.87 bits per heavy atom. The van der Waals surface area contributed by atoms with Gasteiger partial charge < -0.3 is 20.1 Å². The van der Waals surface area contributed by atoms with Gasteiger partial charge in [0.05, 0.1) is 6.10 Å². The van der Waals surface area contributed by atoms with Crippen molar-refractivity contribution >= 4 is 11.7 Å². The fourth-order valence-electron chi connectivity index (χ4n) is 4.30. The van der Waals surface area contributed by atoms with Crippen LogP contribution in [0.15, 0.2) is 36.7 Å². The number of aromatic nitrogens is 2. The normalized spacial score (nSPS) is 18.3. The number of aliphatic hydroxyl groups excluding tert-OH is 1. The summed E-state index contributed by atoms with van der Waals surface area (Å²) in [5.41, 5.74) is 3.00. The second-order valence-electron chi connectivity index (χ2n) is 8.33. The van der Waals surface area contributed by atoms with Gasteiger partial charge in [-0.15, -0.1) is 0 Å². The van der Waals surface area contributed by atoms with E-state index in [1.807, 2.05) is 7.05 Å². The molecule has 1 aromatic heterocycles. The molecule has 1 atom stereocenters. The molecule has 0 radical (unpaired) electrons. The Balaban J connectivity index is 1.27. The molecule has 1 fully saturated rings. The number of nitrogens with one attached hydrogen (secondary N) is 1. The second kappa shape index (κ2) is 10.2. The number of nitrogens with zero attached hydrogens (tertiary/aromatic N) is 4. The Morgan fingerprint density at radius 2 is 2.06 bits per heavy atom. The van der Waals surface area contributed by atoms with E-state index in [1.54, 1.807) is 6.07 Å². The number of aliphatic hydroxyl groups is 1. The van der Waals surface area contributed by atoms with Crippen molar-refractivity contribution in [1.82, 2.24) is 20.2 Å². The minimum atomic E-state index is -0.638. The molecule has 1 saturated heterocycles. The lowest BCUT2D eigenvalue weighted by molar-refractivity contribution is 0.0836. The summed E-state index contributed by atoms with van der Waals surface area (Å²) < 4.78 is 5.42. The Morgan fingerprint density at radius 1 is 1.29 bits per heavy atom. The lowest BCUT2D eigenvalue weighted by Gasteiger charge is -2.32. The highest BCUT2D eigenvalue weighted by atomic mass is 16.5. The van der Waals surface area contributed by atoms with Gasteiger partial charge in [-0.1, -0.05) is 24.3 Å². The topological polar surface area (TPSA) is 90.8 Å². The van der Waals surface area contributed by atoms with E-state index < -0.39 is 6.10 Å². The van der Waals surface area contributed by atoms with Gasteiger partial charge in [0.15, 0.2) is 0 Å². The third-order valence-corrected chi connectivity index (χ3v) is 6.16. The number of amides is 1. The summed E-state index contributed by atoms with van der Waals surface area (Å²) in [6.07, 6.45) is 3.64. The number of benzene rings is 1. The van der Waals surface area contributed by atoms with Gasteiger partial charge in [-0.2, -0.15) is 0 Å². The summed E-state index contributed by atoms with van der Waals surface area (Å²) in [7, 11) is 1.99. The largest absolute Gasteiger partial charge is 0.390 e. The molecule has 3 heterocycles. The van der Waals surface area contributed by atoms with Crippen LogP contribution in [-0.4, -0.2) is 77.9 Å².